The normalized spacial score (nSPS) is 46.6. The Balaban J connectivity index is 1.09. The quantitative estimate of drug-likeness (QED) is 0.394. The van der Waals surface area contributed by atoms with Crippen LogP contribution >= 0.6 is 0 Å². The average Bonchev–Trinajstić information content (AvgIpc) is 3.39. The molecule has 1 heterocycles. The van der Waals surface area contributed by atoms with Crippen molar-refractivity contribution in [1.29, 1.82) is 0 Å². The molecule has 0 unspecified atom stereocenters. The minimum Gasteiger partial charge on any atom is -0.396 e. The number of hydrogen-bond donors (Lipinski definition) is 1. The fourth-order valence-electron chi connectivity index (χ4n) is 10.7. The molecule has 0 radical (unpaired) electrons. The van der Waals surface area contributed by atoms with Crippen molar-refractivity contribution < 1.29 is 19.0 Å². The molecule has 212 valence electrons. The predicted molar refractivity (Wildman–Crippen MR) is 149 cm³/mol. The van der Waals surface area contributed by atoms with Crippen LogP contribution in [0.2, 0.25) is 0 Å². The van der Waals surface area contributed by atoms with E-state index < -0.39 is 0 Å². The van der Waals surface area contributed by atoms with E-state index in [9.17, 15) is 9.50 Å². The first-order chi connectivity index (χ1) is 18.2. The largest absolute Gasteiger partial charge is 0.396 e. The number of rotatable bonds is 7. The summed E-state index contributed by atoms with van der Waals surface area (Å²) in [6.07, 6.45) is 13.8. The van der Waals surface area contributed by atoms with Crippen molar-refractivity contribution in [2.24, 2.45) is 52.3 Å². The number of ether oxygens (including phenoxy) is 2. The number of aliphatic hydroxyl groups is 1. The van der Waals surface area contributed by atoms with E-state index in [1.54, 1.807) is 0 Å². The molecule has 1 aromatic rings. The first-order valence-corrected chi connectivity index (χ1v) is 15.8. The fourth-order valence-corrected chi connectivity index (χ4v) is 10.7. The Hall–Kier alpha value is -0.970. The highest BCUT2D eigenvalue weighted by molar-refractivity contribution is 5.16. The second-order valence-electron chi connectivity index (χ2n) is 14.7. The summed E-state index contributed by atoms with van der Waals surface area (Å²) >= 11 is 0. The van der Waals surface area contributed by atoms with Crippen LogP contribution in [0.3, 0.4) is 0 Å². The second-order valence-corrected chi connectivity index (χ2v) is 14.7. The molecule has 0 aromatic heterocycles. The average molecular weight is 527 g/mol. The van der Waals surface area contributed by atoms with E-state index in [0.717, 1.165) is 42.1 Å². The van der Waals surface area contributed by atoms with Crippen LogP contribution < -0.4 is 0 Å². The number of aliphatic hydroxyl groups excluding tert-OH is 1. The van der Waals surface area contributed by atoms with Crippen LogP contribution in [0, 0.1) is 58.1 Å². The third-order valence-electron chi connectivity index (χ3n) is 12.9. The molecule has 0 bridgehead atoms. The van der Waals surface area contributed by atoms with Gasteiger partial charge < -0.3 is 14.6 Å². The van der Waals surface area contributed by atoms with Crippen LogP contribution in [0.15, 0.2) is 24.3 Å². The Morgan fingerprint density at radius 2 is 1.79 bits per heavy atom. The number of halogens is 1. The van der Waals surface area contributed by atoms with Crippen LogP contribution in [0.5, 0.6) is 0 Å². The van der Waals surface area contributed by atoms with E-state index in [-0.39, 0.29) is 12.4 Å². The van der Waals surface area contributed by atoms with Gasteiger partial charge in [0.2, 0.25) is 0 Å². The van der Waals surface area contributed by atoms with Crippen molar-refractivity contribution in [2.75, 3.05) is 6.61 Å². The molecule has 3 nitrogen and oxygen atoms in total. The molecule has 5 aliphatic rings. The third-order valence-corrected chi connectivity index (χ3v) is 12.9. The summed E-state index contributed by atoms with van der Waals surface area (Å²) in [5.41, 5.74) is 1.96. The van der Waals surface area contributed by atoms with E-state index in [0.29, 0.717) is 53.5 Å². The predicted octanol–water partition coefficient (Wildman–Crippen LogP) is 7.79. The van der Waals surface area contributed by atoms with Crippen LogP contribution in [0.4, 0.5) is 4.39 Å². The highest BCUT2D eigenvalue weighted by Crippen LogP contribution is 2.70. The molecule has 0 amide bonds. The lowest BCUT2D eigenvalue weighted by Gasteiger charge is -2.61. The van der Waals surface area contributed by atoms with Gasteiger partial charge in [0.15, 0.2) is 0 Å². The lowest BCUT2D eigenvalue weighted by atomic mass is 9.44. The second kappa shape index (κ2) is 10.5. The van der Waals surface area contributed by atoms with Gasteiger partial charge in [0.25, 0.3) is 0 Å². The van der Waals surface area contributed by atoms with Gasteiger partial charge in [0, 0.05) is 6.61 Å². The van der Waals surface area contributed by atoms with Gasteiger partial charge >= 0.3 is 0 Å². The van der Waals surface area contributed by atoms with Gasteiger partial charge in [-0.2, -0.15) is 0 Å². The standard InChI is InChI=1S/C34H51FO3/c1-21(19-36)5-12-30-22(2)32-31(38-30)18-29-27-11-8-24-17-26(37-20-23-6-9-25(35)10-7-23)13-15-33(24,3)28(27)14-16-34(29,32)4/h6-7,9-10,21-22,24,26-32,36H,5,8,11-20H2,1-4H3/t21-,22+,24+,26-,27+,28-,29-,30+,31-,32-,33-,34-/m0/s1. The van der Waals surface area contributed by atoms with Gasteiger partial charge in [-0.15, -0.1) is 0 Å². The Kier molecular flexibility index (Phi) is 7.49. The smallest absolute Gasteiger partial charge is 0.123 e. The molecule has 1 aromatic carbocycles. The Bertz CT molecular complexity index is 965. The van der Waals surface area contributed by atoms with Crippen molar-refractivity contribution in [3.8, 4) is 0 Å². The van der Waals surface area contributed by atoms with E-state index in [4.69, 9.17) is 9.47 Å². The first kappa shape index (κ1) is 27.2. The molecule has 5 fully saturated rings. The number of hydrogen-bond acceptors (Lipinski definition) is 3. The molecule has 12 atom stereocenters. The molecule has 6 rings (SSSR count). The SMILES string of the molecule is C[C@H](CO)CC[C@H]1O[C@H]2C[C@H]3[C@@H]4CC[C@@H]5C[C@@H](OCc6ccc(F)cc6)CC[C@]5(C)[C@H]4CC[C@]3(C)[C@H]2[C@@H]1C. The lowest BCUT2D eigenvalue weighted by molar-refractivity contribution is -0.139. The van der Waals surface area contributed by atoms with Crippen LogP contribution in [0.25, 0.3) is 0 Å². The molecule has 4 aliphatic carbocycles. The fraction of sp³-hybridized carbons (Fsp3) is 0.824. The van der Waals surface area contributed by atoms with Crippen molar-refractivity contribution in [3.63, 3.8) is 0 Å². The molecule has 1 saturated heterocycles. The molecule has 4 heteroatoms. The summed E-state index contributed by atoms with van der Waals surface area (Å²) < 4.78 is 26.5. The molecule has 4 saturated carbocycles. The van der Waals surface area contributed by atoms with Crippen molar-refractivity contribution in [1.82, 2.24) is 0 Å². The Labute approximate surface area is 230 Å². The highest BCUT2D eigenvalue weighted by Gasteiger charge is 2.65. The zero-order valence-electron chi connectivity index (χ0n) is 24.2. The zero-order valence-corrected chi connectivity index (χ0v) is 24.2. The maximum Gasteiger partial charge on any atom is 0.123 e. The summed E-state index contributed by atoms with van der Waals surface area (Å²) in [5, 5.41) is 9.48. The molecular formula is C34H51FO3. The van der Waals surface area contributed by atoms with Gasteiger partial charge in [-0.05, 0) is 134 Å². The Morgan fingerprint density at radius 1 is 1.03 bits per heavy atom. The van der Waals surface area contributed by atoms with Crippen LogP contribution in [-0.4, -0.2) is 30.0 Å². The Morgan fingerprint density at radius 3 is 2.55 bits per heavy atom. The number of benzene rings is 1. The third kappa shape index (κ3) is 4.59. The summed E-state index contributed by atoms with van der Waals surface area (Å²) in [5.74, 6) is 4.86. The van der Waals surface area contributed by atoms with Crippen LogP contribution in [0.1, 0.15) is 97.5 Å². The van der Waals surface area contributed by atoms with Gasteiger partial charge in [-0.25, -0.2) is 4.39 Å². The topological polar surface area (TPSA) is 38.7 Å². The molecule has 0 spiro atoms. The minimum atomic E-state index is -0.179. The van der Waals surface area contributed by atoms with Crippen molar-refractivity contribution in [2.45, 2.75) is 117 Å². The first-order valence-electron chi connectivity index (χ1n) is 15.8. The number of fused-ring (bicyclic) bond motifs is 7. The summed E-state index contributed by atoms with van der Waals surface area (Å²) in [7, 11) is 0. The van der Waals surface area contributed by atoms with Gasteiger partial charge in [-0.1, -0.05) is 39.8 Å². The van der Waals surface area contributed by atoms with E-state index in [1.165, 1.54) is 63.5 Å². The molecule has 1 N–H and O–H groups in total. The molecular weight excluding hydrogens is 475 g/mol. The lowest BCUT2D eigenvalue weighted by Crippen LogP contribution is -2.54. The van der Waals surface area contributed by atoms with Crippen molar-refractivity contribution in [3.05, 3.63) is 35.6 Å². The highest BCUT2D eigenvalue weighted by atomic mass is 19.1. The zero-order chi connectivity index (χ0) is 26.7. The molecule has 1 aliphatic heterocycles. The maximum absolute atomic E-state index is 13.3. The maximum atomic E-state index is 13.3. The van der Waals surface area contributed by atoms with Gasteiger partial charge in [-0.3, -0.25) is 0 Å². The van der Waals surface area contributed by atoms with Gasteiger partial charge in [0.1, 0.15) is 5.82 Å². The van der Waals surface area contributed by atoms with E-state index in [2.05, 4.69) is 27.7 Å². The minimum absolute atomic E-state index is 0.179. The molecule has 38 heavy (non-hydrogen) atoms. The monoisotopic (exact) mass is 526 g/mol. The summed E-state index contributed by atoms with van der Waals surface area (Å²) in [6, 6.07) is 6.78. The summed E-state index contributed by atoms with van der Waals surface area (Å²) in [4.78, 5) is 0. The van der Waals surface area contributed by atoms with E-state index in [1.807, 2.05) is 12.1 Å². The van der Waals surface area contributed by atoms with Gasteiger partial charge in [0.05, 0.1) is 24.9 Å². The van der Waals surface area contributed by atoms with E-state index >= 15 is 0 Å². The summed E-state index contributed by atoms with van der Waals surface area (Å²) in [6.45, 7) is 10.8. The van der Waals surface area contributed by atoms with Crippen molar-refractivity contribution >= 4 is 0 Å². The van der Waals surface area contributed by atoms with Crippen LogP contribution in [-0.2, 0) is 16.1 Å².